The molecule has 2 aromatic carbocycles. The van der Waals surface area contributed by atoms with Crippen LogP contribution >= 0.6 is 11.6 Å². The maximum Gasteiger partial charge on any atom is 0.246 e. The minimum absolute atomic E-state index is 0.0403. The van der Waals surface area contributed by atoms with E-state index in [1.54, 1.807) is 36.2 Å². The number of amides is 1. The zero-order chi connectivity index (χ0) is 19.5. The van der Waals surface area contributed by atoms with Crippen molar-refractivity contribution in [3.05, 3.63) is 70.3 Å². The Labute approximate surface area is 159 Å². The molecule has 2 rings (SSSR count). The van der Waals surface area contributed by atoms with Crippen molar-refractivity contribution in [2.45, 2.75) is 24.8 Å². The van der Waals surface area contributed by atoms with Gasteiger partial charge in [-0.3, -0.25) is 4.79 Å². The fourth-order valence-corrected chi connectivity index (χ4v) is 3.05. The second-order valence-corrected chi connectivity index (χ2v) is 8.05. The number of carbonyl (C=O) groups excluding carboxylic acids is 1. The Bertz CT molecular complexity index is 938. The molecule has 0 heterocycles. The lowest BCUT2D eigenvalue weighted by atomic mass is 10.1. The molecule has 0 bridgehead atoms. The second-order valence-electron chi connectivity index (χ2n) is 6.08. The third-order valence-electron chi connectivity index (χ3n) is 4.23. The topological polar surface area (TPSA) is 80.5 Å². The number of hydrogen-bond acceptors (Lipinski definition) is 3. The van der Waals surface area contributed by atoms with Gasteiger partial charge in [0, 0.05) is 18.1 Å². The lowest BCUT2D eigenvalue weighted by molar-refractivity contribution is -0.126. The molecule has 0 fully saturated rings. The van der Waals surface area contributed by atoms with E-state index in [2.05, 4.69) is 0 Å². The van der Waals surface area contributed by atoms with Gasteiger partial charge in [0.2, 0.25) is 15.9 Å². The number of halogens is 1. The lowest BCUT2D eigenvalue weighted by Gasteiger charge is -2.24. The van der Waals surface area contributed by atoms with Crippen LogP contribution < -0.4 is 5.14 Å². The number of nitrogens with two attached hydrogens (primary N) is 1. The lowest BCUT2D eigenvalue weighted by Crippen LogP contribution is -2.28. The highest BCUT2D eigenvalue weighted by Crippen LogP contribution is 2.21. The van der Waals surface area contributed by atoms with Crippen LogP contribution in [0, 0.1) is 6.92 Å². The quantitative estimate of drug-likeness (QED) is 0.790. The number of sulfonamides is 1. The van der Waals surface area contributed by atoms with Gasteiger partial charge in [0.05, 0.1) is 10.9 Å². The molecule has 26 heavy (non-hydrogen) atoms. The fraction of sp³-hybridized carbons (Fsp3) is 0.211. The Hall–Kier alpha value is -2.15. The van der Waals surface area contributed by atoms with Gasteiger partial charge >= 0.3 is 0 Å². The molecule has 2 aromatic rings. The molecule has 0 aliphatic carbocycles. The number of hydrogen-bond donors (Lipinski definition) is 1. The second kappa shape index (κ2) is 8.03. The zero-order valence-corrected chi connectivity index (χ0v) is 16.4. The highest BCUT2D eigenvalue weighted by Gasteiger charge is 2.16. The maximum absolute atomic E-state index is 12.4. The molecule has 0 unspecified atom stereocenters. The smallest absolute Gasteiger partial charge is 0.246 e. The van der Waals surface area contributed by atoms with Crippen molar-refractivity contribution in [3.8, 4) is 0 Å². The molecule has 138 valence electrons. The molecule has 1 amide bonds. The Morgan fingerprint density at radius 3 is 2.35 bits per heavy atom. The number of carbonyl (C=O) groups is 1. The van der Waals surface area contributed by atoms with E-state index in [0.29, 0.717) is 5.02 Å². The molecule has 2 N–H and O–H groups in total. The van der Waals surface area contributed by atoms with Gasteiger partial charge in [-0.05, 0) is 54.8 Å². The van der Waals surface area contributed by atoms with Crippen LogP contribution in [0.4, 0.5) is 0 Å². The third-order valence-corrected chi connectivity index (χ3v) is 5.57. The number of nitrogens with zero attached hydrogens (tertiary/aromatic N) is 1. The van der Waals surface area contributed by atoms with Gasteiger partial charge in [-0.1, -0.05) is 35.9 Å². The van der Waals surface area contributed by atoms with Crippen LogP contribution in [0.15, 0.2) is 53.4 Å². The summed E-state index contributed by atoms with van der Waals surface area (Å²) in [7, 11) is -2.04. The SMILES string of the molecule is Cc1ccc(/C=C/C(=O)N(C)[C@@H](C)c2ccc(S(N)(=O)=O)cc2)cc1Cl. The summed E-state index contributed by atoms with van der Waals surface area (Å²) in [6, 6.07) is 11.5. The fourth-order valence-electron chi connectivity index (χ4n) is 2.35. The van der Waals surface area contributed by atoms with Crippen LogP contribution in [0.3, 0.4) is 0 Å². The minimum Gasteiger partial charge on any atom is -0.335 e. The number of aryl methyl sites for hydroxylation is 1. The van der Waals surface area contributed by atoms with Crippen molar-refractivity contribution >= 4 is 33.6 Å². The summed E-state index contributed by atoms with van der Waals surface area (Å²) in [5, 5.41) is 5.74. The summed E-state index contributed by atoms with van der Waals surface area (Å²) in [4.78, 5) is 14.0. The van der Waals surface area contributed by atoms with E-state index in [0.717, 1.165) is 16.7 Å². The summed E-state index contributed by atoms with van der Waals surface area (Å²) < 4.78 is 22.6. The average Bonchev–Trinajstić information content (AvgIpc) is 2.60. The summed E-state index contributed by atoms with van der Waals surface area (Å²) >= 11 is 6.09. The van der Waals surface area contributed by atoms with Gasteiger partial charge in [0.25, 0.3) is 0 Å². The van der Waals surface area contributed by atoms with Gasteiger partial charge in [-0.2, -0.15) is 0 Å². The van der Waals surface area contributed by atoms with Crippen LogP contribution in [0.5, 0.6) is 0 Å². The molecule has 0 spiro atoms. The predicted octanol–water partition coefficient (Wildman–Crippen LogP) is 3.53. The number of primary sulfonamides is 1. The van der Waals surface area contributed by atoms with Crippen LogP contribution in [-0.2, 0) is 14.8 Å². The zero-order valence-electron chi connectivity index (χ0n) is 14.8. The highest BCUT2D eigenvalue weighted by molar-refractivity contribution is 7.89. The number of rotatable bonds is 5. The van der Waals surface area contributed by atoms with E-state index in [9.17, 15) is 13.2 Å². The summed E-state index contributed by atoms with van der Waals surface area (Å²) in [5.41, 5.74) is 2.62. The Balaban J connectivity index is 2.11. The highest BCUT2D eigenvalue weighted by atomic mass is 35.5. The van der Waals surface area contributed by atoms with Gasteiger partial charge in [-0.15, -0.1) is 0 Å². The Morgan fingerprint density at radius 1 is 1.19 bits per heavy atom. The summed E-state index contributed by atoms with van der Waals surface area (Å²) in [6.45, 7) is 3.78. The molecule has 7 heteroatoms. The molecule has 5 nitrogen and oxygen atoms in total. The van der Waals surface area contributed by atoms with Crippen LogP contribution in [0.2, 0.25) is 5.02 Å². The van der Waals surface area contributed by atoms with Crippen molar-refractivity contribution in [3.63, 3.8) is 0 Å². The van der Waals surface area contributed by atoms with Crippen LogP contribution in [0.1, 0.15) is 29.7 Å². The number of benzene rings is 2. The van der Waals surface area contributed by atoms with Gasteiger partial charge in [-0.25, -0.2) is 13.6 Å². The Morgan fingerprint density at radius 2 is 1.81 bits per heavy atom. The molecule has 0 radical (unpaired) electrons. The predicted molar refractivity (Wildman–Crippen MR) is 104 cm³/mol. The van der Waals surface area contributed by atoms with E-state index < -0.39 is 10.0 Å². The summed E-state index contributed by atoms with van der Waals surface area (Å²) in [6.07, 6.45) is 3.19. The molecule has 0 saturated heterocycles. The minimum atomic E-state index is -3.73. The molecule has 0 aliphatic rings. The third kappa shape index (κ3) is 4.94. The van der Waals surface area contributed by atoms with Crippen LogP contribution in [-0.4, -0.2) is 26.3 Å². The monoisotopic (exact) mass is 392 g/mol. The maximum atomic E-state index is 12.4. The average molecular weight is 393 g/mol. The number of likely N-dealkylation sites (N-methyl/N-ethyl adjacent to an activating group) is 1. The van der Waals surface area contributed by atoms with E-state index in [1.807, 2.05) is 26.0 Å². The van der Waals surface area contributed by atoms with E-state index in [-0.39, 0.29) is 16.8 Å². The molecule has 0 aromatic heterocycles. The normalized spacial score (nSPS) is 13.0. The first kappa shape index (κ1) is 20.2. The van der Waals surface area contributed by atoms with Crippen molar-refractivity contribution in [2.75, 3.05) is 7.05 Å². The summed E-state index contributed by atoms with van der Waals surface area (Å²) in [5.74, 6) is -0.176. The molecule has 0 aliphatic heterocycles. The standard InChI is InChI=1S/C19H21ClN2O3S/c1-13-4-5-15(12-18(13)20)6-11-19(23)22(3)14(2)16-7-9-17(10-8-16)26(21,24)25/h4-12,14H,1-3H3,(H2,21,24,25)/b11-6+/t14-/m0/s1. The first-order chi connectivity index (χ1) is 12.1. The largest absolute Gasteiger partial charge is 0.335 e. The van der Waals surface area contributed by atoms with Crippen molar-refractivity contribution < 1.29 is 13.2 Å². The van der Waals surface area contributed by atoms with Crippen molar-refractivity contribution in [1.82, 2.24) is 4.90 Å². The molecule has 0 saturated carbocycles. The van der Waals surface area contributed by atoms with Crippen LogP contribution in [0.25, 0.3) is 6.08 Å². The first-order valence-corrected chi connectivity index (χ1v) is 9.86. The molecular weight excluding hydrogens is 372 g/mol. The molecular formula is C19H21ClN2O3S. The van der Waals surface area contributed by atoms with Gasteiger partial charge < -0.3 is 4.90 Å². The molecule has 1 atom stereocenters. The van der Waals surface area contributed by atoms with E-state index in [4.69, 9.17) is 16.7 Å². The Kier molecular flexibility index (Phi) is 6.23. The first-order valence-electron chi connectivity index (χ1n) is 7.93. The van der Waals surface area contributed by atoms with Gasteiger partial charge in [0.1, 0.15) is 0 Å². The van der Waals surface area contributed by atoms with Crippen molar-refractivity contribution in [2.24, 2.45) is 5.14 Å². The van der Waals surface area contributed by atoms with Gasteiger partial charge in [0.15, 0.2) is 0 Å². The van der Waals surface area contributed by atoms with Crippen molar-refractivity contribution in [1.29, 1.82) is 0 Å². The van der Waals surface area contributed by atoms with E-state index in [1.165, 1.54) is 18.2 Å². The van der Waals surface area contributed by atoms with E-state index >= 15 is 0 Å².